The Labute approximate surface area is 118 Å². The van der Waals surface area contributed by atoms with Gasteiger partial charge in [-0.1, -0.05) is 11.6 Å². The van der Waals surface area contributed by atoms with E-state index in [-0.39, 0.29) is 16.9 Å². The van der Waals surface area contributed by atoms with Crippen molar-refractivity contribution in [3.63, 3.8) is 0 Å². The molecule has 0 aliphatic heterocycles. The van der Waals surface area contributed by atoms with E-state index in [1.807, 2.05) is 0 Å². The van der Waals surface area contributed by atoms with E-state index in [1.165, 1.54) is 0 Å². The molecule has 0 saturated carbocycles. The van der Waals surface area contributed by atoms with E-state index in [0.717, 1.165) is 18.0 Å². The van der Waals surface area contributed by atoms with E-state index in [2.05, 4.69) is 10.3 Å². The highest BCUT2D eigenvalue weighted by molar-refractivity contribution is 6.33. The van der Waals surface area contributed by atoms with Crippen molar-refractivity contribution in [2.75, 3.05) is 5.32 Å². The van der Waals surface area contributed by atoms with Crippen LogP contribution in [0.2, 0.25) is 5.02 Å². The van der Waals surface area contributed by atoms with Gasteiger partial charge in [0.1, 0.15) is 17.3 Å². The zero-order chi connectivity index (χ0) is 14.9. The van der Waals surface area contributed by atoms with Gasteiger partial charge in [-0.3, -0.25) is 0 Å². The van der Waals surface area contributed by atoms with E-state index in [0.29, 0.717) is 5.76 Å². The van der Waals surface area contributed by atoms with Crippen LogP contribution >= 0.6 is 11.6 Å². The second-order valence-electron chi connectivity index (χ2n) is 4.37. The second kappa shape index (κ2) is 5.36. The molecule has 0 aromatic carbocycles. The van der Waals surface area contributed by atoms with E-state index in [4.69, 9.17) is 16.0 Å². The van der Waals surface area contributed by atoms with E-state index in [9.17, 15) is 13.2 Å². The maximum Gasteiger partial charge on any atom is 0.417 e. The van der Waals surface area contributed by atoms with E-state index in [1.54, 1.807) is 26.0 Å². The number of alkyl halides is 3. The summed E-state index contributed by atoms with van der Waals surface area (Å²) in [6, 6.07) is 4.17. The first kappa shape index (κ1) is 14.7. The number of nitrogens with zero attached hydrogens (tertiary/aromatic N) is 1. The van der Waals surface area contributed by atoms with Gasteiger partial charge in [0.2, 0.25) is 0 Å². The Morgan fingerprint density at radius 2 is 2.05 bits per heavy atom. The normalized spacial score (nSPS) is 13.3. The summed E-state index contributed by atoms with van der Waals surface area (Å²) in [5.74, 6) is 1.58. The van der Waals surface area contributed by atoms with Gasteiger partial charge in [0.05, 0.1) is 16.6 Å². The molecule has 0 aliphatic carbocycles. The Morgan fingerprint density at radius 3 is 2.55 bits per heavy atom. The van der Waals surface area contributed by atoms with Gasteiger partial charge in [0.15, 0.2) is 0 Å². The maximum atomic E-state index is 12.5. The van der Waals surface area contributed by atoms with Crippen LogP contribution in [0.1, 0.15) is 30.0 Å². The third-order valence-electron chi connectivity index (χ3n) is 2.71. The zero-order valence-corrected chi connectivity index (χ0v) is 11.5. The summed E-state index contributed by atoms with van der Waals surface area (Å²) in [5.41, 5.74) is -0.880. The average molecular weight is 305 g/mol. The lowest BCUT2D eigenvalue weighted by Crippen LogP contribution is -2.10. The quantitative estimate of drug-likeness (QED) is 0.882. The first-order valence-electron chi connectivity index (χ1n) is 5.83. The van der Waals surface area contributed by atoms with Crippen molar-refractivity contribution in [1.82, 2.24) is 4.98 Å². The fraction of sp³-hybridized carbons (Fsp3) is 0.308. The molecule has 108 valence electrons. The standard InChI is InChI=1S/C13H12ClF3N2O/c1-7-3-4-11(20-7)8(2)19-12-10(14)5-9(6-18-12)13(15,16)17/h3-6,8H,1-2H3,(H,18,19). The number of aryl methyl sites for hydroxylation is 1. The van der Waals surface area contributed by atoms with Crippen LogP contribution in [0.3, 0.4) is 0 Å². The molecule has 2 aromatic rings. The summed E-state index contributed by atoms with van der Waals surface area (Å²) in [6.45, 7) is 3.60. The molecule has 1 unspecified atom stereocenters. The highest BCUT2D eigenvalue weighted by Crippen LogP contribution is 2.33. The molecule has 0 amide bonds. The van der Waals surface area contributed by atoms with E-state index < -0.39 is 11.7 Å². The van der Waals surface area contributed by atoms with Crippen molar-refractivity contribution in [3.8, 4) is 0 Å². The Bertz CT molecular complexity index is 610. The van der Waals surface area contributed by atoms with Gasteiger partial charge in [0, 0.05) is 6.20 Å². The number of hydrogen-bond donors (Lipinski definition) is 1. The number of pyridine rings is 1. The number of halogens is 4. The third-order valence-corrected chi connectivity index (χ3v) is 3.00. The highest BCUT2D eigenvalue weighted by atomic mass is 35.5. The molecule has 0 fully saturated rings. The molecule has 0 saturated heterocycles. The second-order valence-corrected chi connectivity index (χ2v) is 4.77. The van der Waals surface area contributed by atoms with Crippen molar-refractivity contribution < 1.29 is 17.6 Å². The number of anilines is 1. The van der Waals surface area contributed by atoms with Gasteiger partial charge in [-0.2, -0.15) is 13.2 Å². The number of hydrogen-bond acceptors (Lipinski definition) is 3. The minimum atomic E-state index is -4.46. The molecule has 2 heterocycles. The number of furan rings is 1. The van der Waals surface area contributed by atoms with Crippen LogP contribution in [0.5, 0.6) is 0 Å². The lowest BCUT2D eigenvalue weighted by molar-refractivity contribution is -0.137. The lowest BCUT2D eigenvalue weighted by atomic mass is 10.2. The van der Waals surface area contributed by atoms with Crippen LogP contribution in [-0.4, -0.2) is 4.98 Å². The Morgan fingerprint density at radius 1 is 1.35 bits per heavy atom. The van der Waals surface area contributed by atoms with Crippen molar-refractivity contribution in [1.29, 1.82) is 0 Å². The Kier molecular flexibility index (Phi) is 3.94. The zero-order valence-electron chi connectivity index (χ0n) is 10.8. The minimum absolute atomic E-state index is 0.0880. The molecular formula is C13H12ClF3N2O. The Hall–Kier alpha value is -1.69. The van der Waals surface area contributed by atoms with Crippen LogP contribution in [0, 0.1) is 6.92 Å². The van der Waals surface area contributed by atoms with Gasteiger partial charge in [-0.25, -0.2) is 4.98 Å². The van der Waals surface area contributed by atoms with Crippen molar-refractivity contribution in [2.24, 2.45) is 0 Å². The summed E-state index contributed by atoms with van der Waals surface area (Å²) >= 11 is 5.82. The van der Waals surface area contributed by atoms with Crippen LogP contribution in [0.15, 0.2) is 28.8 Å². The molecule has 2 rings (SSSR count). The molecule has 1 atom stereocenters. The smallest absolute Gasteiger partial charge is 0.417 e. The molecule has 0 aliphatic rings. The van der Waals surface area contributed by atoms with Crippen LogP contribution in [0.25, 0.3) is 0 Å². The minimum Gasteiger partial charge on any atom is -0.464 e. The number of rotatable bonds is 3. The number of nitrogens with one attached hydrogen (secondary N) is 1. The topological polar surface area (TPSA) is 38.1 Å². The average Bonchev–Trinajstić information content (AvgIpc) is 2.77. The van der Waals surface area contributed by atoms with Gasteiger partial charge >= 0.3 is 6.18 Å². The molecule has 2 aromatic heterocycles. The molecule has 7 heteroatoms. The predicted molar refractivity (Wildman–Crippen MR) is 69.7 cm³/mol. The molecule has 0 radical (unpaired) electrons. The van der Waals surface area contributed by atoms with E-state index >= 15 is 0 Å². The van der Waals surface area contributed by atoms with Gasteiger partial charge in [-0.15, -0.1) is 0 Å². The molecule has 1 N–H and O–H groups in total. The summed E-state index contributed by atoms with van der Waals surface area (Å²) in [5, 5.41) is 2.83. The first-order valence-corrected chi connectivity index (χ1v) is 6.21. The molecular weight excluding hydrogens is 293 g/mol. The first-order chi connectivity index (χ1) is 9.27. The highest BCUT2D eigenvalue weighted by Gasteiger charge is 2.31. The molecule has 0 bridgehead atoms. The van der Waals surface area contributed by atoms with Gasteiger partial charge in [-0.05, 0) is 32.0 Å². The van der Waals surface area contributed by atoms with Crippen LogP contribution in [-0.2, 0) is 6.18 Å². The summed E-state index contributed by atoms with van der Waals surface area (Å²) < 4.78 is 42.9. The predicted octanol–water partition coefficient (Wildman–Crippen LogP) is 4.83. The molecule has 3 nitrogen and oxygen atoms in total. The maximum absolute atomic E-state index is 12.5. The van der Waals surface area contributed by atoms with Crippen molar-refractivity contribution >= 4 is 17.4 Å². The number of aromatic nitrogens is 1. The van der Waals surface area contributed by atoms with Gasteiger partial charge < -0.3 is 9.73 Å². The van der Waals surface area contributed by atoms with Crippen LogP contribution < -0.4 is 5.32 Å². The largest absolute Gasteiger partial charge is 0.464 e. The van der Waals surface area contributed by atoms with Crippen LogP contribution in [0.4, 0.5) is 19.0 Å². The monoisotopic (exact) mass is 304 g/mol. The molecule has 20 heavy (non-hydrogen) atoms. The summed E-state index contributed by atoms with van der Waals surface area (Å²) in [7, 11) is 0. The lowest BCUT2D eigenvalue weighted by Gasteiger charge is -2.14. The third kappa shape index (κ3) is 3.25. The van der Waals surface area contributed by atoms with Crippen molar-refractivity contribution in [3.05, 3.63) is 46.5 Å². The Balaban J connectivity index is 2.18. The summed E-state index contributed by atoms with van der Waals surface area (Å²) in [6.07, 6.45) is -3.72. The summed E-state index contributed by atoms with van der Waals surface area (Å²) in [4.78, 5) is 3.71. The van der Waals surface area contributed by atoms with Gasteiger partial charge in [0.25, 0.3) is 0 Å². The SMILES string of the molecule is Cc1ccc(C(C)Nc2ncc(C(F)(F)F)cc2Cl)o1. The molecule has 0 spiro atoms. The fourth-order valence-electron chi connectivity index (χ4n) is 1.66. The fourth-order valence-corrected chi connectivity index (χ4v) is 1.88. The van der Waals surface area contributed by atoms with Crippen molar-refractivity contribution in [2.45, 2.75) is 26.1 Å².